The number of piperidine rings is 1. The highest BCUT2D eigenvalue weighted by molar-refractivity contribution is 5.82. The van der Waals surface area contributed by atoms with Gasteiger partial charge in [-0.25, -0.2) is 9.18 Å². The van der Waals surface area contributed by atoms with Crippen LogP contribution in [0.5, 0.6) is 0 Å². The third-order valence-corrected chi connectivity index (χ3v) is 7.08. The topological polar surface area (TPSA) is 82.2 Å². The number of halogens is 3. The largest absolute Gasteiger partial charge is 0.464 e. The van der Waals surface area contributed by atoms with Crippen molar-refractivity contribution < 1.29 is 22.0 Å². The van der Waals surface area contributed by atoms with Gasteiger partial charge in [0.2, 0.25) is 5.89 Å². The zero-order valence-corrected chi connectivity index (χ0v) is 20.5. The van der Waals surface area contributed by atoms with Gasteiger partial charge in [-0.1, -0.05) is 6.07 Å². The van der Waals surface area contributed by atoms with Gasteiger partial charge >= 0.3 is 12.1 Å². The van der Waals surface area contributed by atoms with E-state index in [2.05, 4.69) is 22.1 Å². The molecular weight excluding hydrogens is 499 g/mol. The summed E-state index contributed by atoms with van der Waals surface area (Å²) in [5.74, 6) is -0.947. The first-order valence-corrected chi connectivity index (χ1v) is 12.3. The summed E-state index contributed by atoms with van der Waals surface area (Å²) in [5.41, 5.74) is 2.52. The fourth-order valence-electron chi connectivity index (χ4n) is 5.05. The van der Waals surface area contributed by atoms with Gasteiger partial charge in [0.1, 0.15) is 11.6 Å². The third kappa shape index (κ3) is 4.32. The predicted molar refractivity (Wildman–Crippen MR) is 133 cm³/mol. The number of hydrogen-bond acceptors (Lipinski definition) is 6. The molecule has 8 nitrogen and oxygen atoms in total. The summed E-state index contributed by atoms with van der Waals surface area (Å²) in [6, 6.07) is 13.5. The fourth-order valence-corrected chi connectivity index (χ4v) is 5.05. The van der Waals surface area contributed by atoms with E-state index in [0.29, 0.717) is 11.3 Å². The molecule has 0 atom stereocenters. The number of nitrogens with zero attached hydrogens (tertiary/aromatic N) is 5. The summed E-state index contributed by atoms with van der Waals surface area (Å²) in [6.45, 7) is 1.74. The smallest absolute Gasteiger partial charge is 0.329 e. The van der Waals surface area contributed by atoms with Crippen LogP contribution in [0, 0.1) is 5.82 Å². The van der Waals surface area contributed by atoms with Crippen molar-refractivity contribution >= 4 is 11.0 Å². The molecule has 3 aromatic heterocycles. The Labute approximate surface area is 214 Å². The molecule has 1 saturated heterocycles. The summed E-state index contributed by atoms with van der Waals surface area (Å²) in [4.78, 5) is 16.0. The van der Waals surface area contributed by atoms with Gasteiger partial charge in [-0.05, 0) is 75.4 Å². The molecule has 1 aliphatic heterocycles. The molecule has 11 heteroatoms. The van der Waals surface area contributed by atoms with E-state index in [-0.39, 0.29) is 35.3 Å². The van der Waals surface area contributed by atoms with Crippen molar-refractivity contribution in [3.05, 3.63) is 82.5 Å². The van der Waals surface area contributed by atoms with E-state index in [1.807, 2.05) is 34.9 Å². The zero-order chi connectivity index (χ0) is 26.4. The number of alkyl halides is 2. The SMILES string of the molecule is CN1CCC(n2c(=O)n(Cc3ccc(-c4nnc(C(F)F)o4)cc3F)c3ccc(-c4ccco4)cc32)CC1. The van der Waals surface area contributed by atoms with E-state index in [0.717, 1.165) is 43.1 Å². The number of aromatic nitrogens is 4. The van der Waals surface area contributed by atoms with Crippen molar-refractivity contribution in [3.63, 3.8) is 0 Å². The molecule has 0 saturated carbocycles. The van der Waals surface area contributed by atoms with Gasteiger partial charge in [-0.3, -0.25) is 9.13 Å². The lowest BCUT2D eigenvalue weighted by molar-refractivity contribution is 0.116. The average molecular weight is 524 g/mol. The van der Waals surface area contributed by atoms with Gasteiger partial charge in [0.15, 0.2) is 0 Å². The number of rotatable bonds is 6. The summed E-state index contributed by atoms with van der Waals surface area (Å²) in [7, 11) is 2.06. The monoisotopic (exact) mass is 523 g/mol. The molecule has 6 rings (SSSR count). The fraction of sp³-hybridized carbons (Fsp3) is 0.296. The minimum atomic E-state index is -2.91. The van der Waals surface area contributed by atoms with Crippen molar-refractivity contribution in [1.29, 1.82) is 0 Å². The average Bonchev–Trinajstić information content (AvgIpc) is 3.66. The summed E-state index contributed by atoms with van der Waals surface area (Å²) >= 11 is 0. The maximum absolute atomic E-state index is 15.2. The van der Waals surface area contributed by atoms with Crippen LogP contribution < -0.4 is 5.69 Å². The first kappa shape index (κ1) is 24.2. The van der Waals surface area contributed by atoms with Gasteiger partial charge in [0.25, 0.3) is 5.89 Å². The molecule has 0 radical (unpaired) electrons. The quantitative estimate of drug-likeness (QED) is 0.292. The highest BCUT2D eigenvalue weighted by Crippen LogP contribution is 2.30. The van der Waals surface area contributed by atoms with Crippen LogP contribution in [-0.2, 0) is 6.54 Å². The number of hydrogen-bond donors (Lipinski definition) is 0. The Morgan fingerprint density at radius 1 is 1.03 bits per heavy atom. The van der Waals surface area contributed by atoms with Crippen molar-refractivity contribution in [1.82, 2.24) is 24.2 Å². The van der Waals surface area contributed by atoms with Crippen molar-refractivity contribution in [2.45, 2.75) is 31.9 Å². The van der Waals surface area contributed by atoms with E-state index in [1.54, 1.807) is 10.8 Å². The van der Waals surface area contributed by atoms with Crippen molar-refractivity contribution in [2.24, 2.45) is 0 Å². The molecule has 0 N–H and O–H groups in total. The molecular formula is C27H24F3N5O3. The van der Waals surface area contributed by atoms with Gasteiger partial charge in [-0.15, -0.1) is 10.2 Å². The highest BCUT2D eigenvalue weighted by atomic mass is 19.3. The van der Waals surface area contributed by atoms with Crippen LogP contribution in [0.15, 0.2) is 68.4 Å². The number of furan rings is 1. The van der Waals surface area contributed by atoms with Crippen LogP contribution in [-0.4, -0.2) is 44.4 Å². The lowest BCUT2D eigenvalue weighted by atomic mass is 10.0. The van der Waals surface area contributed by atoms with E-state index < -0.39 is 18.1 Å². The highest BCUT2D eigenvalue weighted by Gasteiger charge is 2.25. The summed E-state index contributed by atoms with van der Waals surface area (Å²) < 4.78 is 54.7. The number of benzene rings is 2. The Morgan fingerprint density at radius 3 is 2.50 bits per heavy atom. The van der Waals surface area contributed by atoms with E-state index in [9.17, 15) is 13.6 Å². The lowest BCUT2D eigenvalue weighted by Gasteiger charge is -2.29. The number of likely N-dealkylation sites (tertiary alicyclic amines) is 1. The molecule has 5 aromatic rings. The normalized spacial score (nSPS) is 15.2. The van der Waals surface area contributed by atoms with Gasteiger partial charge in [0.05, 0.1) is 23.8 Å². The molecule has 38 heavy (non-hydrogen) atoms. The molecule has 0 aliphatic carbocycles. The van der Waals surface area contributed by atoms with Crippen LogP contribution in [0.2, 0.25) is 0 Å². The Kier molecular flexibility index (Phi) is 6.15. The predicted octanol–water partition coefficient (Wildman–Crippen LogP) is 5.50. The number of imidazole rings is 1. The van der Waals surface area contributed by atoms with Crippen molar-refractivity contribution in [2.75, 3.05) is 20.1 Å². The molecule has 2 aromatic carbocycles. The second-order valence-corrected chi connectivity index (χ2v) is 9.51. The second-order valence-electron chi connectivity index (χ2n) is 9.51. The van der Waals surface area contributed by atoms with E-state index in [1.165, 1.54) is 12.1 Å². The lowest BCUT2D eigenvalue weighted by Crippen LogP contribution is -2.36. The summed E-state index contributed by atoms with van der Waals surface area (Å²) in [6.07, 6.45) is 0.342. The standard InChI is InChI=1S/C27H24F3N5O3/c1-33-10-8-19(9-11-33)35-22-14-16(23-3-2-12-37-23)6-7-21(22)34(27(35)36)15-18-5-4-17(13-20(18)28)25-31-32-26(38-25)24(29)30/h2-7,12-14,19,24H,8-11,15H2,1H3. The summed E-state index contributed by atoms with van der Waals surface area (Å²) in [5, 5.41) is 6.86. The zero-order valence-electron chi connectivity index (χ0n) is 20.5. The van der Waals surface area contributed by atoms with E-state index in [4.69, 9.17) is 8.83 Å². The molecule has 0 unspecified atom stereocenters. The Balaban J connectivity index is 1.40. The molecule has 0 amide bonds. The Morgan fingerprint density at radius 2 is 1.82 bits per heavy atom. The second kappa shape index (κ2) is 9.64. The van der Waals surface area contributed by atoms with Crippen LogP contribution in [0.25, 0.3) is 33.8 Å². The van der Waals surface area contributed by atoms with Crippen molar-refractivity contribution in [3.8, 4) is 22.8 Å². The van der Waals surface area contributed by atoms with Crippen LogP contribution in [0.1, 0.15) is 36.8 Å². The molecule has 0 bridgehead atoms. The van der Waals surface area contributed by atoms with Gasteiger partial charge in [-0.2, -0.15) is 8.78 Å². The minimum Gasteiger partial charge on any atom is -0.464 e. The maximum atomic E-state index is 15.2. The van der Waals surface area contributed by atoms with Crippen LogP contribution in [0.3, 0.4) is 0 Å². The third-order valence-electron chi connectivity index (χ3n) is 7.08. The molecule has 1 fully saturated rings. The Bertz CT molecular complexity index is 1650. The van der Waals surface area contributed by atoms with Crippen LogP contribution in [0.4, 0.5) is 13.2 Å². The minimum absolute atomic E-state index is 0.00666. The van der Waals surface area contributed by atoms with Gasteiger partial charge in [0, 0.05) is 22.7 Å². The maximum Gasteiger partial charge on any atom is 0.329 e. The first-order chi connectivity index (χ1) is 18.4. The molecule has 196 valence electrons. The molecule has 1 aliphatic rings. The molecule has 4 heterocycles. The number of fused-ring (bicyclic) bond motifs is 1. The van der Waals surface area contributed by atoms with Crippen LogP contribution >= 0.6 is 0 Å². The van der Waals surface area contributed by atoms with E-state index >= 15 is 4.39 Å². The first-order valence-electron chi connectivity index (χ1n) is 12.3. The molecule has 0 spiro atoms. The Hall–Kier alpha value is -4.12. The van der Waals surface area contributed by atoms with Gasteiger partial charge < -0.3 is 13.7 Å².